The van der Waals surface area contributed by atoms with E-state index in [1.807, 2.05) is 0 Å². The Balaban J connectivity index is 1.55. The van der Waals surface area contributed by atoms with Gasteiger partial charge in [0, 0.05) is 12.6 Å². The van der Waals surface area contributed by atoms with Crippen molar-refractivity contribution in [1.82, 2.24) is 10.6 Å². The highest BCUT2D eigenvalue weighted by Crippen LogP contribution is 2.46. The summed E-state index contributed by atoms with van der Waals surface area (Å²) < 4.78 is 12.8. The predicted molar refractivity (Wildman–Crippen MR) is 71.1 cm³/mol. The molecule has 2 amide bonds. The van der Waals surface area contributed by atoms with Crippen LogP contribution in [0.1, 0.15) is 31.2 Å². The van der Waals surface area contributed by atoms with Crippen LogP contribution in [0.15, 0.2) is 24.3 Å². The van der Waals surface area contributed by atoms with Crippen molar-refractivity contribution < 1.29 is 14.0 Å². The highest BCUT2D eigenvalue weighted by Gasteiger charge is 2.57. The number of carbonyl (C=O) groups is 2. The Morgan fingerprint density at radius 3 is 2.35 bits per heavy atom. The van der Waals surface area contributed by atoms with Gasteiger partial charge >= 0.3 is 0 Å². The molecular formula is C15H17FN2O2. The average Bonchev–Trinajstić information content (AvgIpc) is 3.31. The molecule has 2 aliphatic rings. The summed E-state index contributed by atoms with van der Waals surface area (Å²) in [5, 5.41) is 5.67. The maximum atomic E-state index is 12.8. The molecule has 0 heterocycles. The number of benzene rings is 1. The molecule has 20 heavy (non-hydrogen) atoms. The highest BCUT2D eigenvalue weighted by molar-refractivity contribution is 6.08. The highest BCUT2D eigenvalue weighted by atomic mass is 19.1. The van der Waals surface area contributed by atoms with Gasteiger partial charge in [0.15, 0.2) is 0 Å². The van der Waals surface area contributed by atoms with E-state index in [0.29, 0.717) is 19.4 Å². The second kappa shape index (κ2) is 4.89. The summed E-state index contributed by atoms with van der Waals surface area (Å²) >= 11 is 0. The second-order valence-electron chi connectivity index (χ2n) is 5.64. The first-order valence-electron chi connectivity index (χ1n) is 6.94. The molecule has 0 atom stereocenters. The first-order valence-corrected chi connectivity index (χ1v) is 6.94. The zero-order valence-electron chi connectivity index (χ0n) is 11.1. The first-order chi connectivity index (χ1) is 9.60. The molecule has 2 saturated carbocycles. The Labute approximate surface area is 116 Å². The van der Waals surface area contributed by atoms with Gasteiger partial charge in [0.1, 0.15) is 11.2 Å². The van der Waals surface area contributed by atoms with Crippen molar-refractivity contribution in [1.29, 1.82) is 0 Å². The normalized spacial score (nSPS) is 19.2. The lowest BCUT2D eigenvalue weighted by Gasteiger charge is -2.15. The Hall–Kier alpha value is -1.91. The summed E-state index contributed by atoms with van der Waals surface area (Å²) in [6, 6.07) is 6.23. The van der Waals surface area contributed by atoms with Crippen molar-refractivity contribution >= 4 is 11.8 Å². The molecule has 0 spiro atoms. The fourth-order valence-corrected chi connectivity index (χ4v) is 2.19. The molecular weight excluding hydrogens is 259 g/mol. The quantitative estimate of drug-likeness (QED) is 0.801. The van der Waals surface area contributed by atoms with E-state index in [2.05, 4.69) is 10.6 Å². The summed E-state index contributed by atoms with van der Waals surface area (Å²) in [6.45, 7) is 0.317. The monoisotopic (exact) mass is 276 g/mol. The fourth-order valence-electron chi connectivity index (χ4n) is 2.19. The van der Waals surface area contributed by atoms with Crippen molar-refractivity contribution in [2.75, 3.05) is 0 Å². The van der Waals surface area contributed by atoms with Crippen molar-refractivity contribution in [2.24, 2.45) is 5.41 Å². The molecule has 2 fully saturated rings. The van der Waals surface area contributed by atoms with E-state index in [1.54, 1.807) is 12.1 Å². The van der Waals surface area contributed by atoms with Crippen LogP contribution in [0.4, 0.5) is 4.39 Å². The van der Waals surface area contributed by atoms with E-state index in [9.17, 15) is 14.0 Å². The van der Waals surface area contributed by atoms with Gasteiger partial charge in [-0.3, -0.25) is 9.59 Å². The fraction of sp³-hybridized carbons (Fsp3) is 0.467. The predicted octanol–water partition coefficient (Wildman–Crippen LogP) is 1.50. The van der Waals surface area contributed by atoms with E-state index in [4.69, 9.17) is 0 Å². The molecule has 0 radical (unpaired) electrons. The van der Waals surface area contributed by atoms with Gasteiger partial charge in [-0.15, -0.1) is 0 Å². The molecule has 2 aliphatic carbocycles. The largest absolute Gasteiger partial charge is 0.352 e. The zero-order chi connectivity index (χ0) is 14.2. The van der Waals surface area contributed by atoms with Crippen LogP contribution in [-0.4, -0.2) is 17.9 Å². The minimum atomic E-state index is -0.859. The van der Waals surface area contributed by atoms with Gasteiger partial charge in [-0.2, -0.15) is 0 Å². The number of hydrogen-bond donors (Lipinski definition) is 2. The smallest absolute Gasteiger partial charge is 0.235 e. The maximum Gasteiger partial charge on any atom is 0.235 e. The number of hydrogen-bond acceptors (Lipinski definition) is 2. The number of carbonyl (C=O) groups excluding carboxylic acids is 2. The summed E-state index contributed by atoms with van der Waals surface area (Å²) in [7, 11) is 0. The van der Waals surface area contributed by atoms with Crippen molar-refractivity contribution in [3.05, 3.63) is 35.6 Å². The number of amides is 2. The maximum absolute atomic E-state index is 12.8. The number of halogens is 1. The van der Waals surface area contributed by atoms with Crippen LogP contribution >= 0.6 is 0 Å². The summed E-state index contributed by atoms with van der Waals surface area (Å²) in [5.74, 6) is -0.667. The SMILES string of the molecule is O=C(NCc1ccc(F)cc1)C1(C(=O)NC2CC2)CC1. The summed E-state index contributed by atoms with van der Waals surface area (Å²) in [6.07, 6.45) is 3.25. The number of rotatable bonds is 5. The molecule has 2 N–H and O–H groups in total. The minimum Gasteiger partial charge on any atom is -0.352 e. The Morgan fingerprint density at radius 2 is 1.80 bits per heavy atom. The van der Waals surface area contributed by atoms with Crippen molar-refractivity contribution in [3.8, 4) is 0 Å². The third-order valence-corrected chi connectivity index (χ3v) is 3.90. The Bertz CT molecular complexity index is 533. The van der Waals surface area contributed by atoms with Gasteiger partial charge in [-0.1, -0.05) is 12.1 Å². The van der Waals surface area contributed by atoms with Crippen LogP contribution in [0.5, 0.6) is 0 Å². The lowest BCUT2D eigenvalue weighted by molar-refractivity contribution is -0.137. The molecule has 5 heteroatoms. The van der Waals surface area contributed by atoms with Gasteiger partial charge in [0.2, 0.25) is 11.8 Å². The first kappa shape index (κ1) is 13.1. The topological polar surface area (TPSA) is 58.2 Å². The standard InChI is InChI=1S/C15H17FN2O2/c16-11-3-1-10(2-4-11)9-17-13(19)15(7-8-15)14(20)18-12-5-6-12/h1-4,12H,5-9H2,(H,17,19)(H,18,20). The lowest BCUT2D eigenvalue weighted by Crippen LogP contribution is -2.43. The molecule has 1 aromatic carbocycles. The molecule has 4 nitrogen and oxygen atoms in total. The molecule has 3 rings (SSSR count). The van der Waals surface area contributed by atoms with Crippen LogP contribution in [0.2, 0.25) is 0 Å². The second-order valence-corrected chi connectivity index (χ2v) is 5.64. The Morgan fingerprint density at radius 1 is 1.15 bits per heavy atom. The van der Waals surface area contributed by atoms with Gasteiger partial charge in [-0.05, 0) is 43.4 Å². The van der Waals surface area contributed by atoms with E-state index in [0.717, 1.165) is 18.4 Å². The minimum absolute atomic E-state index is 0.142. The molecule has 106 valence electrons. The number of nitrogens with one attached hydrogen (secondary N) is 2. The summed E-state index contributed by atoms with van der Waals surface area (Å²) in [5.41, 5.74) is -0.0408. The van der Waals surface area contributed by atoms with Gasteiger partial charge < -0.3 is 10.6 Å². The summed E-state index contributed by atoms with van der Waals surface area (Å²) in [4.78, 5) is 24.2. The van der Waals surface area contributed by atoms with Crippen LogP contribution in [-0.2, 0) is 16.1 Å². The molecule has 0 aliphatic heterocycles. The van der Waals surface area contributed by atoms with Crippen molar-refractivity contribution in [3.63, 3.8) is 0 Å². The molecule has 0 unspecified atom stereocenters. The van der Waals surface area contributed by atoms with Gasteiger partial charge in [-0.25, -0.2) is 4.39 Å². The zero-order valence-corrected chi connectivity index (χ0v) is 11.1. The third kappa shape index (κ3) is 2.66. The van der Waals surface area contributed by atoms with E-state index in [-0.39, 0.29) is 23.7 Å². The van der Waals surface area contributed by atoms with Crippen molar-refractivity contribution in [2.45, 2.75) is 38.3 Å². The van der Waals surface area contributed by atoms with E-state index >= 15 is 0 Å². The van der Waals surface area contributed by atoms with Crippen LogP contribution < -0.4 is 10.6 Å². The van der Waals surface area contributed by atoms with Crippen LogP contribution in [0.25, 0.3) is 0 Å². The van der Waals surface area contributed by atoms with Crippen LogP contribution in [0, 0.1) is 11.2 Å². The molecule has 0 aromatic heterocycles. The van der Waals surface area contributed by atoms with Crippen LogP contribution in [0.3, 0.4) is 0 Å². The van der Waals surface area contributed by atoms with E-state index in [1.165, 1.54) is 12.1 Å². The molecule has 0 bridgehead atoms. The molecule has 0 saturated heterocycles. The third-order valence-electron chi connectivity index (χ3n) is 3.90. The van der Waals surface area contributed by atoms with Gasteiger partial charge in [0.25, 0.3) is 0 Å². The Kier molecular flexibility index (Phi) is 3.20. The lowest BCUT2D eigenvalue weighted by atomic mass is 10.0. The van der Waals surface area contributed by atoms with E-state index < -0.39 is 5.41 Å². The van der Waals surface area contributed by atoms with Gasteiger partial charge in [0.05, 0.1) is 0 Å². The average molecular weight is 276 g/mol. The molecule has 1 aromatic rings.